The Hall–Kier alpha value is -9.19. The van der Waals surface area contributed by atoms with Crippen LogP contribution in [0.2, 0.25) is 0 Å². The van der Waals surface area contributed by atoms with Crippen LogP contribution in [0, 0.1) is 23.4 Å². The molecule has 3 aromatic carbocycles. The predicted octanol–water partition coefficient (Wildman–Crippen LogP) is 13.5. The lowest BCUT2D eigenvalue weighted by Crippen LogP contribution is -2.58. The predicted molar refractivity (Wildman–Crippen MR) is 467 cm³/mol. The molecule has 1 N–H and O–H groups in total. The van der Waals surface area contributed by atoms with E-state index in [0.717, 1.165) is 174 Å². The van der Waals surface area contributed by atoms with Crippen molar-refractivity contribution < 1.29 is 76.7 Å². The molecule has 0 bridgehead atoms. The highest BCUT2D eigenvalue weighted by atomic mass is 32.2. The van der Waals surface area contributed by atoms with E-state index in [2.05, 4.69) is 39.5 Å². The fourth-order valence-electron chi connectivity index (χ4n) is 18.2. The maximum atomic E-state index is 15.3. The maximum Gasteiger partial charge on any atom is 0.226 e. The molecule has 0 radical (unpaired) electrons. The van der Waals surface area contributed by atoms with Crippen LogP contribution in [0.15, 0.2) is 73.2 Å². The van der Waals surface area contributed by atoms with E-state index in [9.17, 15) is 30.4 Å². The minimum absolute atomic E-state index is 0.00749. The Balaban J connectivity index is 0.000000143. The zero-order valence-electron chi connectivity index (χ0n) is 71.5. The third-order valence-corrected chi connectivity index (χ3v) is 27.1. The second-order valence-corrected chi connectivity index (χ2v) is 41.2. The van der Waals surface area contributed by atoms with E-state index in [1.165, 1.54) is 96.3 Å². The number of halogens is 3. The van der Waals surface area contributed by atoms with Crippen LogP contribution in [0.25, 0.3) is 66.5 Å². The highest BCUT2D eigenvalue weighted by Gasteiger charge is 2.42. The molecule has 8 aliphatic rings. The number of aliphatic hydroxyl groups is 1. The standard InChI is InChI=1S/C32H42FN5O4S.C29H36FN5O5S.C28H35FN4O5S/c1-41-31-23(21-43(2,39)40)17-22(20-34-31)29-27-18-24(33)19-28(30(27)36-32(35-29)38-15-7-4-8-16-38)42-26-11-9-25(10-12-26)37-13-5-3-6-14-37;1-38-28-20(18-41(2,36)37)12-19(15-31-28)26-24-13-21(30)14-25(27(24)33-29(32-26)34-8-4-3-5-9-34)40-23-16-35(17-23)22-6-10-39-11-7-22;1-28(2,34)19-11-21(12-19)38-23-14-20(29)13-22-24(31-27(32-25(22)23)33-8-6-5-7-9-33)17-10-18(16-39(4,35)36)26(37-3)30-15-17/h17-20,25-26H,3-16,21H2,1-2H3;12-15,22-23H,3-11,16-18H2,1-2H3;10,13-15,19,21,34H,5-9,11-12,16H2,1-4H3. The molecule has 662 valence electrons. The fourth-order valence-corrected chi connectivity index (χ4v) is 20.5. The first-order chi connectivity index (χ1) is 58.9. The molecule has 34 heteroatoms. The van der Waals surface area contributed by atoms with Crippen molar-refractivity contribution in [3.63, 3.8) is 0 Å². The lowest BCUT2D eigenvalue weighted by atomic mass is 9.72. The maximum absolute atomic E-state index is 15.3. The second kappa shape index (κ2) is 38.3. The molecular formula is C89H113F3N14O14S3. The molecule has 28 nitrogen and oxygen atoms in total. The van der Waals surface area contributed by atoms with Gasteiger partial charge in [-0.2, -0.15) is 0 Å². The van der Waals surface area contributed by atoms with Gasteiger partial charge in [0, 0.05) is 183 Å². The molecule has 0 atom stereocenters. The Morgan fingerprint density at radius 1 is 0.415 bits per heavy atom. The van der Waals surface area contributed by atoms with E-state index in [1.807, 2.05) is 0 Å². The monoisotopic (exact) mass is 1750 g/mol. The van der Waals surface area contributed by atoms with E-state index in [-0.39, 0.29) is 59.1 Å². The number of hydrogen-bond acceptors (Lipinski definition) is 28. The Morgan fingerprint density at radius 3 is 1.07 bits per heavy atom. The van der Waals surface area contributed by atoms with Gasteiger partial charge in [-0.1, -0.05) is 6.42 Å². The number of nitrogens with zero attached hydrogens (tertiary/aromatic N) is 14. The SMILES string of the molecule is COc1ncc(-c2nc(N3CCCCC3)nc3c(OC4CC(C(C)(C)O)C4)cc(F)cc23)cc1CS(C)(=O)=O.COc1ncc(-c2nc(N3CCCCC3)nc3c(OC4CCC(N5CCCCC5)CC4)cc(F)cc23)cc1CS(C)(=O)=O.COc1ncc(-c2nc(N3CCCCC3)nc3c(OC4CN(C5CCOCC5)C4)cc(F)cc23)cc1CS(C)(=O)=O. The van der Waals surface area contributed by atoms with Gasteiger partial charge in [0.25, 0.3) is 0 Å². The van der Waals surface area contributed by atoms with Crippen LogP contribution in [0.4, 0.5) is 31.0 Å². The first-order valence-electron chi connectivity index (χ1n) is 43.2. The van der Waals surface area contributed by atoms with Gasteiger partial charge >= 0.3 is 0 Å². The summed E-state index contributed by atoms with van der Waals surface area (Å²) < 4.78 is 159. The molecule has 6 saturated heterocycles. The average Bonchev–Trinajstić information content (AvgIpc) is 0.764. The van der Waals surface area contributed by atoms with Gasteiger partial charge in [0.1, 0.15) is 57.4 Å². The number of pyridine rings is 3. The van der Waals surface area contributed by atoms with Crippen LogP contribution in [0.1, 0.15) is 159 Å². The van der Waals surface area contributed by atoms with Crippen LogP contribution in [0.5, 0.6) is 34.9 Å². The Morgan fingerprint density at radius 2 is 0.740 bits per heavy atom. The van der Waals surface area contributed by atoms with Gasteiger partial charge in [-0.05, 0) is 191 Å². The number of aromatic nitrogens is 9. The van der Waals surface area contributed by atoms with Gasteiger partial charge < -0.3 is 57.9 Å². The van der Waals surface area contributed by atoms with Gasteiger partial charge in [0.2, 0.25) is 35.5 Å². The van der Waals surface area contributed by atoms with Crippen LogP contribution in [-0.4, -0.2) is 240 Å². The van der Waals surface area contributed by atoms with Crippen molar-refractivity contribution >= 4 is 80.1 Å². The third kappa shape index (κ3) is 22.0. The normalized spacial score (nSPS) is 20.5. The molecule has 12 heterocycles. The van der Waals surface area contributed by atoms with Gasteiger partial charge in [-0.3, -0.25) is 4.90 Å². The second-order valence-electron chi connectivity index (χ2n) is 34.8. The quantitative estimate of drug-likeness (QED) is 0.0587. The lowest BCUT2D eigenvalue weighted by molar-refractivity contribution is -0.0670. The number of likely N-dealkylation sites (tertiary alicyclic amines) is 2. The number of hydrogen-bond donors (Lipinski definition) is 1. The van der Waals surface area contributed by atoms with Crippen molar-refractivity contribution in [3.8, 4) is 68.7 Å². The number of benzene rings is 3. The summed E-state index contributed by atoms with van der Waals surface area (Å²) in [5, 5.41) is 11.8. The van der Waals surface area contributed by atoms with Gasteiger partial charge in [0.15, 0.2) is 29.5 Å². The number of piperidine rings is 4. The number of rotatable bonds is 24. The Kier molecular flexibility index (Phi) is 27.6. The van der Waals surface area contributed by atoms with E-state index >= 15 is 13.2 Å². The molecule has 0 amide bonds. The Bertz CT molecular complexity index is 5640. The molecule has 2 saturated carbocycles. The molecular weight excluding hydrogens is 1640 g/mol. The van der Waals surface area contributed by atoms with Crippen molar-refractivity contribution in [1.29, 1.82) is 0 Å². The molecule has 6 aliphatic heterocycles. The highest BCUT2D eigenvalue weighted by Crippen LogP contribution is 2.45. The largest absolute Gasteiger partial charge is 0.488 e. The molecule has 123 heavy (non-hydrogen) atoms. The van der Waals surface area contributed by atoms with E-state index in [1.54, 1.807) is 50.6 Å². The van der Waals surface area contributed by atoms with Gasteiger partial charge in [-0.15, -0.1) is 0 Å². The summed E-state index contributed by atoms with van der Waals surface area (Å²) in [6.07, 6.45) is 28.9. The first-order valence-corrected chi connectivity index (χ1v) is 49.3. The van der Waals surface area contributed by atoms with Crippen molar-refractivity contribution in [2.45, 2.75) is 196 Å². The topological polar surface area (TPSA) is 319 Å². The minimum Gasteiger partial charge on any atom is -0.488 e. The summed E-state index contributed by atoms with van der Waals surface area (Å²) in [5.41, 5.74) is 5.07. The van der Waals surface area contributed by atoms with Crippen molar-refractivity contribution in [2.24, 2.45) is 5.92 Å². The van der Waals surface area contributed by atoms with Crippen LogP contribution in [0.3, 0.4) is 0 Å². The van der Waals surface area contributed by atoms with Crippen molar-refractivity contribution in [3.05, 3.63) is 107 Å². The van der Waals surface area contributed by atoms with E-state index < -0.39 is 52.6 Å². The zero-order chi connectivity index (χ0) is 86.5. The number of methoxy groups -OCH3 is 3. The minimum atomic E-state index is -3.37. The van der Waals surface area contributed by atoms with Gasteiger partial charge in [0.05, 0.1) is 73.5 Å². The summed E-state index contributed by atoms with van der Waals surface area (Å²) >= 11 is 0. The highest BCUT2D eigenvalue weighted by molar-refractivity contribution is 7.90. The fraction of sp³-hybridized carbons (Fsp3) is 0.562. The number of fused-ring (bicyclic) bond motifs is 3. The first kappa shape index (κ1) is 88.7. The molecule has 17 rings (SSSR count). The molecule has 2 aliphatic carbocycles. The number of sulfone groups is 3. The molecule has 8 fully saturated rings. The van der Waals surface area contributed by atoms with Crippen LogP contribution < -0.4 is 43.1 Å². The number of anilines is 3. The van der Waals surface area contributed by atoms with Gasteiger partial charge in [-0.25, -0.2) is 83.3 Å². The summed E-state index contributed by atoms with van der Waals surface area (Å²) in [6.45, 7) is 14.0. The molecule has 9 aromatic rings. The third-order valence-electron chi connectivity index (χ3n) is 24.6. The average molecular weight is 1760 g/mol. The molecule has 6 aromatic heterocycles. The lowest BCUT2D eigenvalue weighted by Gasteiger charge is -2.45. The molecule has 0 spiro atoms. The molecule has 0 unspecified atom stereocenters. The van der Waals surface area contributed by atoms with Crippen molar-refractivity contribution in [1.82, 2.24) is 54.7 Å². The van der Waals surface area contributed by atoms with E-state index in [0.29, 0.717) is 143 Å². The smallest absolute Gasteiger partial charge is 0.226 e. The zero-order valence-corrected chi connectivity index (χ0v) is 74.0. The number of ether oxygens (including phenoxy) is 7. The summed E-state index contributed by atoms with van der Waals surface area (Å²) in [4.78, 5) is 54.0. The van der Waals surface area contributed by atoms with Crippen molar-refractivity contribution in [2.75, 3.05) is 133 Å². The van der Waals surface area contributed by atoms with Crippen LogP contribution in [-0.2, 0) is 51.5 Å². The summed E-state index contributed by atoms with van der Waals surface area (Å²) in [6, 6.07) is 14.6. The Labute approximate surface area is 718 Å². The summed E-state index contributed by atoms with van der Waals surface area (Å²) in [5.74, 6) is 1.41. The van der Waals surface area contributed by atoms with E-state index in [4.69, 9.17) is 63.1 Å². The summed E-state index contributed by atoms with van der Waals surface area (Å²) in [7, 11) is -5.76. The van der Waals surface area contributed by atoms with Crippen LogP contribution >= 0.6 is 0 Å².